The third-order valence-corrected chi connectivity index (χ3v) is 5.95. The molecule has 1 aromatic carbocycles. The molecule has 21 heavy (non-hydrogen) atoms. The average molecular weight is 410 g/mol. The second-order valence-electron chi connectivity index (χ2n) is 4.49. The predicted octanol–water partition coefficient (Wildman–Crippen LogP) is 5.83. The maximum absolute atomic E-state index is 6.55. The van der Waals surface area contributed by atoms with E-state index in [-0.39, 0.29) is 5.38 Å². The van der Waals surface area contributed by atoms with Gasteiger partial charge in [-0.1, -0.05) is 17.7 Å². The zero-order valence-electron chi connectivity index (χ0n) is 11.7. The molecule has 2 nitrogen and oxygen atoms in total. The van der Waals surface area contributed by atoms with Crippen LogP contribution in [0.3, 0.4) is 0 Å². The minimum Gasteiger partial charge on any atom is -0.490 e. The summed E-state index contributed by atoms with van der Waals surface area (Å²) in [4.78, 5) is 0.968. The van der Waals surface area contributed by atoms with Crippen molar-refractivity contribution in [3.63, 3.8) is 0 Å². The van der Waals surface area contributed by atoms with Crippen LogP contribution in [0.15, 0.2) is 28.1 Å². The molecule has 0 aliphatic rings. The molecule has 0 aliphatic carbocycles. The summed E-state index contributed by atoms with van der Waals surface area (Å²) < 4.78 is 11.4. The molecule has 1 heterocycles. The van der Waals surface area contributed by atoms with Crippen molar-refractivity contribution in [1.82, 2.24) is 0 Å². The van der Waals surface area contributed by atoms with Crippen LogP contribution >= 0.6 is 50.5 Å². The Kier molecular flexibility index (Phi) is 6.38. The van der Waals surface area contributed by atoms with Crippen molar-refractivity contribution in [3.05, 3.63) is 49.1 Å². The van der Waals surface area contributed by atoms with Gasteiger partial charge in [0.05, 0.1) is 21.5 Å². The van der Waals surface area contributed by atoms with Crippen LogP contribution in [0.5, 0.6) is 5.75 Å². The molecule has 6 heteroatoms. The van der Waals surface area contributed by atoms with E-state index in [1.165, 1.54) is 0 Å². The molecule has 0 fully saturated rings. The molecule has 2 rings (SSSR count). The number of benzene rings is 1. The Morgan fingerprint density at radius 3 is 2.67 bits per heavy atom. The van der Waals surface area contributed by atoms with Gasteiger partial charge in [0.2, 0.25) is 0 Å². The summed E-state index contributed by atoms with van der Waals surface area (Å²) in [5.74, 6) is 0.771. The molecule has 1 aromatic heterocycles. The molecular weight excluding hydrogens is 395 g/mol. The first-order valence-corrected chi connectivity index (χ1v) is 8.82. The topological polar surface area (TPSA) is 18.5 Å². The standard InChI is InChI=1S/C15H15BrCl2O2S/c1-9-8-21-15(13(9)17)14(18)10-3-4-12(11(16)7-10)20-6-5-19-2/h3-4,7-8,14H,5-6H2,1-2H3. The number of aryl methyl sites for hydroxylation is 1. The average Bonchev–Trinajstić information content (AvgIpc) is 2.80. The number of ether oxygens (including phenoxy) is 2. The number of methoxy groups -OCH3 is 1. The summed E-state index contributed by atoms with van der Waals surface area (Å²) in [5.41, 5.74) is 2.03. The van der Waals surface area contributed by atoms with E-state index in [1.54, 1.807) is 18.4 Å². The van der Waals surface area contributed by atoms with Crippen LogP contribution in [0.1, 0.15) is 21.4 Å². The molecule has 2 aromatic rings. The van der Waals surface area contributed by atoms with Crippen molar-refractivity contribution in [2.75, 3.05) is 20.3 Å². The van der Waals surface area contributed by atoms with Crippen LogP contribution in [-0.4, -0.2) is 20.3 Å². The van der Waals surface area contributed by atoms with Gasteiger partial charge >= 0.3 is 0 Å². The monoisotopic (exact) mass is 408 g/mol. The third kappa shape index (κ3) is 4.14. The van der Waals surface area contributed by atoms with Crippen LogP contribution in [-0.2, 0) is 4.74 Å². The van der Waals surface area contributed by atoms with E-state index in [0.29, 0.717) is 13.2 Å². The second kappa shape index (κ2) is 7.84. The molecular formula is C15H15BrCl2O2S. The SMILES string of the molecule is COCCOc1ccc(C(Cl)c2scc(C)c2Cl)cc1Br. The number of alkyl halides is 1. The lowest BCUT2D eigenvalue weighted by molar-refractivity contribution is 0.146. The quantitative estimate of drug-likeness (QED) is 0.441. The Balaban J connectivity index is 2.17. The first-order valence-electron chi connectivity index (χ1n) is 6.33. The fourth-order valence-electron chi connectivity index (χ4n) is 1.80. The van der Waals surface area contributed by atoms with Crippen molar-refractivity contribution >= 4 is 50.5 Å². The minimum absolute atomic E-state index is 0.263. The molecule has 1 unspecified atom stereocenters. The van der Waals surface area contributed by atoms with Gasteiger partial charge in [-0.25, -0.2) is 0 Å². The molecule has 0 bridgehead atoms. The number of halogens is 3. The van der Waals surface area contributed by atoms with E-state index in [2.05, 4.69) is 15.9 Å². The molecule has 0 aliphatic heterocycles. The van der Waals surface area contributed by atoms with Gasteiger partial charge in [-0.05, 0) is 51.5 Å². The molecule has 0 amide bonds. The number of rotatable bonds is 6. The Morgan fingerprint density at radius 1 is 1.33 bits per heavy atom. The number of hydrogen-bond donors (Lipinski definition) is 0. The van der Waals surface area contributed by atoms with Gasteiger partial charge in [0.1, 0.15) is 12.4 Å². The fraction of sp³-hybridized carbons (Fsp3) is 0.333. The first-order chi connectivity index (χ1) is 10.0. The van der Waals surface area contributed by atoms with Crippen LogP contribution in [0.25, 0.3) is 0 Å². The van der Waals surface area contributed by atoms with E-state index in [0.717, 1.165) is 31.2 Å². The van der Waals surface area contributed by atoms with Crippen molar-refractivity contribution in [1.29, 1.82) is 0 Å². The lowest BCUT2D eigenvalue weighted by Crippen LogP contribution is -2.04. The predicted molar refractivity (Wildman–Crippen MR) is 93.3 cm³/mol. The summed E-state index contributed by atoms with van der Waals surface area (Å²) in [7, 11) is 1.65. The van der Waals surface area contributed by atoms with Crippen LogP contribution in [0.4, 0.5) is 0 Å². The molecule has 0 spiro atoms. The third-order valence-electron chi connectivity index (χ3n) is 2.95. The van der Waals surface area contributed by atoms with Crippen molar-refractivity contribution in [2.45, 2.75) is 12.3 Å². The number of thiophene rings is 1. The molecule has 0 N–H and O–H groups in total. The summed E-state index contributed by atoms with van der Waals surface area (Å²) in [6, 6.07) is 5.82. The second-order valence-corrected chi connectivity index (χ2v) is 7.07. The highest BCUT2D eigenvalue weighted by Gasteiger charge is 2.18. The Labute approximate surface area is 147 Å². The summed E-state index contributed by atoms with van der Waals surface area (Å²) in [6.07, 6.45) is 0. The number of hydrogen-bond acceptors (Lipinski definition) is 3. The minimum atomic E-state index is -0.263. The Bertz CT molecular complexity index is 616. The van der Waals surface area contributed by atoms with Crippen LogP contribution in [0, 0.1) is 6.92 Å². The Hall–Kier alpha value is -0.260. The summed E-state index contributed by atoms with van der Waals surface area (Å²) in [6.45, 7) is 3.04. The molecule has 114 valence electrons. The molecule has 1 atom stereocenters. The molecule has 0 radical (unpaired) electrons. The van der Waals surface area contributed by atoms with E-state index >= 15 is 0 Å². The first kappa shape index (κ1) is 17.1. The van der Waals surface area contributed by atoms with E-state index < -0.39 is 0 Å². The van der Waals surface area contributed by atoms with Crippen LogP contribution in [0.2, 0.25) is 5.02 Å². The van der Waals surface area contributed by atoms with Gasteiger partial charge in [0.15, 0.2) is 0 Å². The van der Waals surface area contributed by atoms with E-state index in [9.17, 15) is 0 Å². The van der Waals surface area contributed by atoms with Gasteiger partial charge in [-0.15, -0.1) is 22.9 Å². The normalized spacial score (nSPS) is 12.4. The fourth-order valence-corrected chi connectivity index (χ4v) is 4.07. The van der Waals surface area contributed by atoms with Gasteiger partial charge in [-0.3, -0.25) is 0 Å². The van der Waals surface area contributed by atoms with E-state index in [1.807, 2.05) is 30.5 Å². The zero-order valence-corrected chi connectivity index (χ0v) is 15.6. The van der Waals surface area contributed by atoms with Gasteiger partial charge in [0.25, 0.3) is 0 Å². The van der Waals surface area contributed by atoms with Crippen LogP contribution < -0.4 is 4.74 Å². The maximum Gasteiger partial charge on any atom is 0.133 e. The lowest BCUT2D eigenvalue weighted by Gasteiger charge is -2.12. The molecule has 0 saturated heterocycles. The van der Waals surface area contributed by atoms with Gasteiger partial charge in [0, 0.05) is 12.0 Å². The highest BCUT2D eigenvalue weighted by molar-refractivity contribution is 9.10. The zero-order chi connectivity index (χ0) is 15.4. The summed E-state index contributed by atoms with van der Waals surface area (Å²) >= 11 is 17.9. The van der Waals surface area contributed by atoms with E-state index in [4.69, 9.17) is 32.7 Å². The van der Waals surface area contributed by atoms with Crippen molar-refractivity contribution in [2.24, 2.45) is 0 Å². The molecule has 0 saturated carbocycles. The highest BCUT2D eigenvalue weighted by atomic mass is 79.9. The Morgan fingerprint density at radius 2 is 2.10 bits per heavy atom. The van der Waals surface area contributed by atoms with Crippen molar-refractivity contribution < 1.29 is 9.47 Å². The lowest BCUT2D eigenvalue weighted by atomic mass is 10.1. The maximum atomic E-state index is 6.55. The largest absolute Gasteiger partial charge is 0.490 e. The smallest absolute Gasteiger partial charge is 0.133 e. The van der Waals surface area contributed by atoms with Crippen molar-refractivity contribution in [3.8, 4) is 5.75 Å². The summed E-state index contributed by atoms with van der Waals surface area (Å²) in [5, 5.41) is 2.50. The van der Waals surface area contributed by atoms with Gasteiger partial charge < -0.3 is 9.47 Å². The van der Waals surface area contributed by atoms with Gasteiger partial charge in [-0.2, -0.15) is 0 Å². The highest BCUT2D eigenvalue weighted by Crippen LogP contribution is 2.41.